The van der Waals surface area contributed by atoms with Crippen LogP contribution in [0.15, 0.2) is 22.8 Å². The van der Waals surface area contributed by atoms with Crippen LogP contribution in [0.25, 0.3) is 0 Å². The number of rotatable bonds is 14. The number of carbonyl (C=O) groups excluding carboxylic acids is 4. The molecule has 0 aromatic heterocycles. The molecule has 2 aliphatic carbocycles. The molecule has 0 spiro atoms. The fourth-order valence-corrected chi connectivity index (χ4v) is 6.99. The molecule has 1 saturated carbocycles. The van der Waals surface area contributed by atoms with Crippen molar-refractivity contribution in [1.82, 2.24) is 0 Å². The van der Waals surface area contributed by atoms with E-state index >= 15 is 0 Å². The maximum absolute atomic E-state index is 13.4. The summed E-state index contributed by atoms with van der Waals surface area (Å²) in [7, 11) is 0. The van der Waals surface area contributed by atoms with Crippen LogP contribution >= 0.6 is 0 Å². The number of carbonyl (C=O) groups is 4. The van der Waals surface area contributed by atoms with Crippen LogP contribution in [0.3, 0.4) is 0 Å². The molecule has 12 heteroatoms. The summed E-state index contributed by atoms with van der Waals surface area (Å²) in [5.41, 5.74) is -5.75. The molecule has 260 valence electrons. The van der Waals surface area contributed by atoms with Crippen molar-refractivity contribution in [3.8, 4) is 0 Å². The zero-order chi connectivity index (χ0) is 34.6. The van der Waals surface area contributed by atoms with Crippen LogP contribution in [0.4, 0.5) is 0 Å². The van der Waals surface area contributed by atoms with Gasteiger partial charge in [-0.2, -0.15) is 0 Å². The first-order chi connectivity index (χ1) is 21.5. The number of ether oxygens (including phenoxy) is 5. The lowest BCUT2D eigenvalue weighted by molar-refractivity contribution is -0.213. The van der Waals surface area contributed by atoms with Gasteiger partial charge in [-0.15, -0.1) is 0 Å². The van der Waals surface area contributed by atoms with Gasteiger partial charge < -0.3 is 39.0 Å². The highest BCUT2D eigenvalue weighted by atomic mass is 16.6. The molecule has 46 heavy (non-hydrogen) atoms. The van der Waals surface area contributed by atoms with Crippen LogP contribution < -0.4 is 0 Å². The fraction of sp³-hybridized carbons (Fsp3) is 0.765. The predicted molar refractivity (Wildman–Crippen MR) is 165 cm³/mol. The molecule has 0 amide bonds. The summed E-state index contributed by atoms with van der Waals surface area (Å²) in [6.07, 6.45) is -0.715. The van der Waals surface area contributed by atoms with E-state index in [0.29, 0.717) is 24.0 Å². The number of esters is 4. The van der Waals surface area contributed by atoms with Crippen molar-refractivity contribution in [3.05, 3.63) is 22.8 Å². The van der Waals surface area contributed by atoms with Crippen LogP contribution in [-0.2, 0) is 42.9 Å². The number of hydrogen-bond donors (Lipinski definition) is 3. The molecule has 9 unspecified atom stereocenters. The van der Waals surface area contributed by atoms with E-state index in [2.05, 4.69) is 6.92 Å². The summed E-state index contributed by atoms with van der Waals surface area (Å²) in [5.74, 6) is -4.21. The van der Waals surface area contributed by atoms with Crippen LogP contribution in [0.1, 0.15) is 113 Å². The Bertz CT molecular complexity index is 1220. The Hall–Kier alpha value is -2.80. The van der Waals surface area contributed by atoms with E-state index in [0.717, 1.165) is 32.6 Å². The molecular weight excluding hydrogens is 600 g/mol. The van der Waals surface area contributed by atoms with Crippen molar-refractivity contribution in [1.29, 1.82) is 0 Å². The summed E-state index contributed by atoms with van der Waals surface area (Å²) < 4.78 is 29.6. The standard InChI is InChI=1S/C34H52O12/c1-9-12-13-14-15-17-24(37)43-28-26-25(20(5)27(28)44-30(38)19(4)11-3)29-34(41,33(8,40)31(39)45-29)22(42-23(36)16-10-2)18-32(26,7)46-21(6)35/h11,22,26-30,38,40-41H,9-10,12-18H2,1-8H3. The van der Waals surface area contributed by atoms with Gasteiger partial charge in [0.05, 0.1) is 5.92 Å². The SMILES string of the molecule is CC=C(C)C(O)OC1C(C)=C2C(C1OC(=O)CCCCCCC)C(C)(OC(C)=O)CC(OC(=O)CCC)C1(O)C2OC(=O)C1(C)O. The molecule has 12 nitrogen and oxygen atoms in total. The van der Waals surface area contributed by atoms with Gasteiger partial charge >= 0.3 is 23.9 Å². The second-order valence-electron chi connectivity index (χ2n) is 13.2. The highest BCUT2D eigenvalue weighted by molar-refractivity contribution is 5.85. The van der Waals surface area contributed by atoms with Gasteiger partial charge in [0.2, 0.25) is 0 Å². The molecule has 0 bridgehead atoms. The number of allylic oxidation sites excluding steroid dienone is 1. The summed E-state index contributed by atoms with van der Waals surface area (Å²) in [6, 6.07) is 0. The van der Waals surface area contributed by atoms with Gasteiger partial charge in [-0.05, 0) is 64.2 Å². The number of aliphatic hydroxyl groups excluding tert-OH is 1. The molecule has 0 radical (unpaired) electrons. The number of aliphatic hydroxyl groups is 3. The maximum Gasteiger partial charge on any atom is 0.341 e. The van der Waals surface area contributed by atoms with E-state index in [-0.39, 0.29) is 18.4 Å². The minimum absolute atomic E-state index is 0.0137. The Morgan fingerprint density at radius 2 is 1.63 bits per heavy atom. The Morgan fingerprint density at radius 1 is 1.00 bits per heavy atom. The zero-order valence-electron chi connectivity index (χ0n) is 28.4. The number of hydrogen-bond acceptors (Lipinski definition) is 12. The Morgan fingerprint density at radius 3 is 2.22 bits per heavy atom. The van der Waals surface area contributed by atoms with Crippen LogP contribution in [0, 0.1) is 5.92 Å². The summed E-state index contributed by atoms with van der Waals surface area (Å²) in [4.78, 5) is 52.0. The van der Waals surface area contributed by atoms with Crippen LogP contribution in [-0.4, -0.2) is 86.7 Å². The fourth-order valence-electron chi connectivity index (χ4n) is 6.99. The van der Waals surface area contributed by atoms with Gasteiger partial charge in [-0.3, -0.25) is 14.4 Å². The van der Waals surface area contributed by atoms with E-state index < -0.39 is 83.7 Å². The lowest BCUT2D eigenvalue weighted by Gasteiger charge is -2.42. The van der Waals surface area contributed by atoms with Gasteiger partial charge in [0.15, 0.2) is 23.6 Å². The van der Waals surface area contributed by atoms with Gasteiger partial charge in [0.25, 0.3) is 0 Å². The Labute approximate surface area is 271 Å². The average molecular weight is 653 g/mol. The zero-order valence-corrected chi connectivity index (χ0v) is 28.4. The summed E-state index contributed by atoms with van der Waals surface area (Å²) in [5, 5.41) is 34.8. The normalized spacial score (nSPS) is 34.7. The molecular formula is C34H52O12. The van der Waals surface area contributed by atoms with E-state index in [1.807, 2.05) is 0 Å². The predicted octanol–water partition coefficient (Wildman–Crippen LogP) is 3.72. The Kier molecular flexibility index (Phi) is 12.2. The molecule has 3 N–H and O–H groups in total. The highest BCUT2D eigenvalue weighted by Crippen LogP contribution is 2.57. The summed E-state index contributed by atoms with van der Waals surface area (Å²) in [6.45, 7) is 12.7. The van der Waals surface area contributed by atoms with Crippen LogP contribution in [0.5, 0.6) is 0 Å². The first kappa shape index (κ1) is 37.7. The molecule has 0 aromatic carbocycles. The lowest BCUT2D eigenvalue weighted by Crippen LogP contribution is -2.64. The van der Waals surface area contributed by atoms with E-state index in [9.17, 15) is 34.5 Å². The molecule has 1 saturated heterocycles. The number of fused-ring (bicyclic) bond motifs is 3. The molecule has 1 aliphatic heterocycles. The highest BCUT2D eigenvalue weighted by Gasteiger charge is 2.76. The van der Waals surface area contributed by atoms with Crippen molar-refractivity contribution in [2.75, 3.05) is 0 Å². The third-order valence-electron chi connectivity index (χ3n) is 9.65. The van der Waals surface area contributed by atoms with E-state index in [4.69, 9.17) is 23.7 Å². The third kappa shape index (κ3) is 7.19. The summed E-state index contributed by atoms with van der Waals surface area (Å²) >= 11 is 0. The average Bonchev–Trinajstić information content (AvgIpc) is 3.30. The largest absolute Gasteiger partial charge is 0.459 e. The van der Waals surface area contributed by atoms with Crippen molar-refractivity contribution in [2.45, 2.75) is 161 Å². The Balaban J connectivity index is 2.22. The first-order valence-corrected chi connectivity index (χ1v) is 16.4. The second kappa shape index (κ2) is 15.0. The molecule has 0 aromatic rings. The minimum atomic E-state index is -2.56. The molecule has 3 aliphatic rings. The van der Waals surface area contributed by atoms with E-state index in [1.165, 1.54) is 6.92 Å². The van der Waals surface area contributed by atoms with Crippen molar-refractivity contribution in [3.63, 3.8) is 0 Å². The van der Waals surface area contributed by atoms with Gasteiger partial charge in [0.1, 0.15) is 23.9 Å². The maximum atomic E-state index is 13.4. The first-order valence-electron chi connectivity index (χ1n) is 16.4. The molecule has 1 heterocycles. The van der Waals surface area contributed by atoms with Crippen LogP contribution in [0.2, 0.25) is 0 Å². The van der Waals surface area contributed by atoms with Gasteiger partial charge in [0, 0.05) is 26.2 Å². The quantitative estimate of drug-likeness (QED) is 0.0817. The minimum Gasteiger partial charge on any atom is -0.459 e. The third-order valence-corrected chi connectivity index (χ3v) is 9.65. The van der Waals surface area contributed by atoms with Gasteiger partial charge in [-0.1, -0.05) is 45.6 Å². The molecule has 9 atom stereocenters. The smallest absolute Gasteiger partial charge is 0.341 e. The van der Waals surface area contributed by atoms with Crippen molar-refractivity contribution in [2.24, 2.45) is 5.92 Å². The van der Waals surface area contributed by atoms with Crippen molar-refractivity contribution >= 4 is 23.9 Å². The molecule has 3 rings (SSSR count). The van der Waals surface area contributed by atoms with Crippen molar-refractivity contribution < 1.29 is 58.2 Å². The second-order valence-corrected chi connectivity index (χ2v) is 13.2. The monoisotopic (exact) mass is 652 g/mol. The van der Waals surface area contributed by atoms with E-state index in [1.54, 1.807) is 40.7 Å². The number of unbranched alkanes of at least 4 members (excludes halogenated alkanes) is 4. The molecule has 2 fully saturated rings. The van der Waals surface area contributed by atoms with Gasteiger partial charge in [-0.25, -0.2) is 4.79 Å². The topological polar surface area (TPSA) is 175 Å². The lowest BCUT2D eigenvalue weighted by atomic mass is 9.75.